The first kappa shape index (κ1) is 20.9. The number of nitrogens with one attached hydrogen (secondary N) is 2. The summed E-state index contributed by atoms with van der Waals surface area (Å²) in [4.78, 5) is 11.7. The second-order valence-corrected chi connectivity index (χ2v) is 7.29. The number of benzene rings is 1. The highest BCUT2D eigenvalue weighted by atomic mass is 16.5. The lowest BCUT2D eigenvalue weighted by molar-refractivity contribution is 0.122. The average Bonchev–Trinajstić information content (AvgIpc) is 3.25. The number of fused-ring (bicyclic) bond motifs is 1. The van der Waals surface area contributed by atoms with Gasteiger partial charge in [0, 0.05) is 32.6 Å². The van der Waals surface area contributed by atoms with E-state index in [9.17, 15) is 0 Å². The molecule has 0 unspecified atom stereocenters. The second-order valence-electron chi connectivity index (χ2n) is 7.29. The number of nitrogens with zero attached hydrogens (tertiary/aromatic N) is 3. The van der Waals surface area contributed by atoms with E-state index in [2.05, 4.69) is 46.7 Å². The lowest BCUT2D eigenvalue weighted by atomic mass is 10.1. The van der Waals surface area contributed by atoms with E-state index < -0.39 is 0 Å². The van der Waals surface area contributed by atoms with Crippen molar-refractivity contribution in [2.24, 2.45) is 0 Å². The summed E-state index contributed by atoms with van der Waals surface area (Å²) in [6, 6.07) is 12.3. The Hall–Kier alpha value is -3.32. The van der Waals surface area contributed by atoms with Crippen LogP contribution in [0.4, 0.5) is 11.8 Å². The Morgan fingerprint density at radius 1 is 1.16 bits per heavy atom. The van der Waals surface area contributed by atoms with Gasteiger partial charge in [-0.1, -0.05) is 43.3 Å². The highest BCUT2D eigenvalue weighted by Gasteiger charge is 2.21. The predicted molar refractivity (Wildman–Crippen MR) is 125 cm³/mol. The van der Waals surface area contributed by atoms with Crippen LogP contribution in [0.2, 0.25) is 0 Å². The Balaban J connectivity index is 1.69. The minimum Gasteiger partial charge on any atom is -0.455 e. The zero-order valence-electron chi connectivity index (χ0n) is 18.3. The fraction of sp³-hybridized carbons (Fsp3) is 0.333. The van der Waals surface area contributed by atoms with Gasteiger partial charge in [0.05, 0.1) is 13.2 Å². The Morgan fingerprint density at radius 2 is 1.94 bits per heavy atom. The van der Waals surface area contributed by atoms with Gasteiger partial charge in [-0.25, -0.2) is 4.98 Å². The van der Waals surface area contributed by atoms with Crippen molar-refractivity contribution >= 4 is 28.4 Å². The van der Waals surface area contributed by atoms with Gasteiger partial charge in [-0.2, -0.15) is 4.98 Å². The molecule has 0 bridgehead atoms. The van der Waals surface area contributed by atoms with Crippen LogP contribution in [-0.2, 0) is 11.2 Å². The molecule has 1 aliphatic heterocycles. The lowest BCUT2D eigenvalue weighted by Crippen LogP contribution is -2.37. The van der Waals surface area contributed by atoms with Crippen molar-refractivity contribution in [3.63, 3.8) is 0 Å². The SMILES string of the molecule is C/C=C(\C=C(/NC)Nc1nc(N2CCOCC2)c2oc(CC)cc2n1)c1ccccc1. The van der Waals surface area contributed by atoms with Gasteiger partial charge in [-0.15, -0.1) is 0 Å². The Kier molecular flexibility index (Phi) is 6.52. The Labute approximate surface area is 182 Å². The zero-order chi connectivity index (χ0) is 21.6. The van der Waals surface area contributed by atoms with Crippen molar-refractivity contribution < 1.29 is 9.15 Å². The molecule has 0 amide bonds. The van der Waals surface area contributed by atoms with E-state index in [0.717, 1.165) is 59.1 Å². The van der Waals surface area contributed by atoms with Gasteiger partial charge in [0.15, 0.2) is 11.4 Å². The summed E-state index contributed by atoms with van der Waals surface area (Å²) in [7, 11) is 1.88. The van der Waals surface area contributed by atoms with E-state index in [0.29, 0.717) is 19.2 Å². The van der Waals surface area contributed by atoms with Crippen molar-refractivity contribution in [1.82, 2.24) is 15.3 Å². The number of aromatic nitrogens is 2. The molecule has 162 valence electrons. The van der Waals surface area contributed by atoms with Crippen molar-refractivity contribution in [2.45, 2.75) is 20.3 Å². The first-order valence-electron chi connectivity index (χ1n) is 10.7. The summed E-state index contributed by atoms with van der Waals surface area (Å²) < 4.78 is 11.6. The topological polar surface area (TPSA) is 75.5 Å². The van der Waals surface area contributed by atoms with Gasteiger partial charge in [-0.05, 0) is 24.1 Å². The Morgan fingerprint density at radius 3 is 2.61 bits per heavy atom. The maximum atomic E-state index is 6.05. The highest BCUT2D eigenvalue weighted by molar-refractivity contribution is 5.86. The van der Waals surface area contributed by atoms with Crippen LogP contribution in [0.1, 0.15) is 25.2 Å². The summed E-state index contributed by atoms with van der Waals surface area (Å²) >= 11 is 0. The molecule has 0 radical (unpaired) electrons. The molecule has 7 heteroatoms. The van der Waals surface area contributed by atoms with Crippen LogP contribution in [-0.4, -0.2) is 43.3 Å². The van der Waals surface area contributed by atoms with Gasteiger partial charge in [-0.3, -0.25) is 0 Å². The highest BCUT2D eigenvalue weighted by Crippen LogP contribution is 2.29. The zero-order valence-corrected chi connectivity index (χ0v) is 18.3. The average molecular weight is 420 g/mol. The van der Waals surface area contributed by atoms with Crippen LogP contribution in [0, 0.1) is 0 Å². The predicted octanol–water partition coefficient (Wildman–Crippen LogP) is 4.20. The number of hydrogen-bond acceptors (Lipinski definition) is 7. The van der Waals surface area contributed by atoms with Crippen molar-refractivity contribution in [3.05, 3.63) is 65.7 Å². The Bertz CT molecular complexity index is 1080. The fourth-order valence-corrected chi connectivity index (χ4v) is 3.59. The number of ether oxygens (including phenoxy) is 1. The number of hydrogen-bond donors (Lipinski definition) is 2. The number of anilines is 2. The van der Waals surface area contributed by atoms with Gasteiger partial charge >= 0.3 is 0 Å². The van der Waals surface area contributed by atoms with E-state index in [1.165, 1.54) is 0 Å². The molecule has 2 aromatic heterocycles. The van der Waals surface area contributed by atoms with E-state index in [4.69, 9.17) is 19.1 Å². The minimum absolute atomic E-state index is 0.529. The maximum absolute atomic E-state index is 6.05. The van der Waals surface area contributed by atoms with Crippen molar-refractivity contribution in [1.29, 1.82) is 0 Å². The van der Waals surface area contributed by atoms with Crippen molar-refractivity contribution in [3.8, 4) is 0 Å². The summed E-state index contributed by atoms with van der Waals surface area (Å²) in [5.41, 5.74) is 3.79. The maximum Gasteiger partial charge on any atom is 0.231 e. The molecule has 3 heterocycles. The molecule has 1 fully saturated rings. The second kappa shape index (κ2) is 9.66. The molecule has 1 saturated heterocycles. The molecule has 7 nitrogen and oxygen atoms in total. The van der Waals surface area contributed by atoms with Crippen LogP contribution in [0.5, 0.6) is 0 Å². The van der Waals surface area contributed by atoms with Crippen LogP contribution in [0.3, 0.4) is 0 Å². The number of allylic oxidation sites excluding steroid dienone is 3. The minimum atomic E-state index is 0.529. The van der Waals surface area contributed by atoms with Gasteiger partial charge in [0.25, 0.3) is 0 Å². The summed E-state index contributed by atoms with van der Waals surface area (Å²) in [5, 5.41) is 6.57. The standard InChI is InChI=1S/C24H29N5O2/c1-4-17(18-9-7-6-8-10-18)15-21(25-3)27-24-26-20-16-19(5-2)31-22(20)23(28-24)29-11-13-30-14-12-29/h4,6-10,15-16,25H,5,11-14H2,1-3H3,(H,26,27,28)/b17-4+,21-15+. The number of furan rings is 1. The molecule has 0 saturated carbocycles. The fourth-order valence-electron chi connectivity index (χ4n) is 3.59. The first-order chi connectivity index (χ1) is 15.2. The molecule has 3 aromatic rings. The molecule has 31 heavy (non-hydrogen) atoms. The number of aryl methyl sites for hydroxylation is 1. The first-order valence-corrected chi connectivity index (χ1v) is 10.7. The molecule has 2 N–H and O–H groups in total. The molecule has 0 spiro atoms. The monoisotopic (exact) mass is 419 g/mol. The van der Waals surface area contributed by atoms with Gasteiger partial charge < -0.3 is 24.7 Å². The molecule has 1 aromatic carbocycles. The summed E-state index contributed by atoms with van der Waals surface area (Å²) in [6.45, 7) is 7.02. The van der Waals surface area contributed by atoms with Crippen LogP contribution >= 0.6 is 0 Å². The summed E-state index contributed by atoms with van der Waals surface area (Å²) in [5.74, 6) is 3.05. The number of rotatable bonds is 7. The third-order valence-electron chi connectivity index (χ3n) is 5.30. The summed E-state index contributed by atoms with van der Waals surface area (Å²) in [6.07, 6.45) is 4.95. The van der Waals surface area contributed by atoms with E-state index in [-0.39, 0.29) is 0 Å². The smallest absolute Gasteiger partial charge is 0.231 e. The normalized spacial score (nSPS) is 15.4. The van der Waals surface area contributed by atoms with E-state index in [1.807, 2.05) is 38.2 Å². The quantitative estimate of drug-likeness (QED) is 0.556. The van der Waals surface area contributed by atoms with Crippen LogP contribution in [0.25, 0.3) is 16.7 Å². The molecule has 4 rings (SSSR count). The molecular weight excluding hydrogens is 390 g/mol. The lowest BCUT2D eigenvalue weighted by Gasteiger charge is -2.27. The largest absolute Gasteiger partial charge is 0.455 e. The third kappa shape index (κ3) is 4.72. The molecular formula is C24H29N5O2. The number of morpholine rings is 1. The van der Waals surface area contributed by atoms with Crippen LogP contribution in [0.15, 0.2) is 58.8 Å². The van der Waals surface area contributed by atoms with Crippen molar-refractivity contribution in [2.75, 3.05) is 43.6 Å². The van der Waals surface area contributed by atoms with E-state index in [1.54, 1.807) is 0 Å². The van der Waals surface area contributed by atoms with E-state index >= 15 is 0 Å². The molecule has 1 aliphatic rings. The molecule has 0 aliphatic carbocycles. The van der Waals surface area contributed by atoms with Crippen LogP contribution < -0.4 is 15.5 Å². The van der Waals surface area contributed by atoms with Gasteiger partial charge in [0.2, 0.25) is 5.95 Å². The molecule has 0 atom stereocenters. The van der Waals surface area contributed by atoms with Gasteiger partial charge in [0.1, 0.15) is 17.1 Å². The third-order valence-corrected chi connectivity index (χ3v) is 5.30.